The Morgan fingerprint density at radius 3 is 2.65 bits per heavy atom. The van der Waals surface area contributed by atoms with Gasteiger partial charge in [-0.05, 0) is 39.2 Å². The van der Waals surface area contributed by atoms with Crippen LogP contribution >= 0.6 is 0 Å². The Bertz CT molecular complexity index is 484. The highest BCUT2D eigenvalue weighted by atomic mass is 16.6. The number of carbonyl (C=O) groups excluding carboxylic acids is 1. The Labute approximate surface area is 119 Å². The van der Waals surface area contributed by atoms with E-state index in [0.29, 0.717) is 19.5 Å². The molecule has 0 unspecified atom stereocenters. The Morgan fingerprint density at radius 1 is 1.50 bits per heavy atom. The second-order valence-corrected chi connectivity index (χ2v) is 6.58. The topological polar surface area (TPSA) is 67.6 Å². The number of aromatic nitrogens is 2. The molecule has 1 amide bonds. The van der Waals surface area contributed by atoms with E-state index in [-0.39, 0.29) is 6.09 Å². The minimum absolute atomic E-state index is 0.335. The summed E-state index contributed by atoms with van der Waals surface area (Å²) in [5.74, 6) is 0. The number of nitrogens with zero attached hydrogens (tertiary/aromatic N) is 3. The highest BCUT2D eigenvalue weighted by Crippen LogP contribution is 2.27. The molecule has 2 heterocycles. The van der Waals surface area contributed by atoms with Gasteiger partial charge in [0, 0.05) is 13.2 Å². The summed E-state index contributed by atoms with van der Waals surface area (Å²) in [5.41, 5.74) is -0.204. The van der Waals surface area contributed by atoms with Gasteiger partial charge in [-0.1, -0.05) is 0 Å². The Morgan fingerprint density at radius 2 is 2.15 bits per heavy atom. The van der Waals surface area contributed by atoms with Crippen LogP contribution in [0, 0.1) is 0 Å². The lowest BCUT2D eigenvalue weighted by Gasteiger charge is -2.46. The second-order valence-electron chi connectivity index (χ2n) is 6.58. The Balaban J connectivity index is 1.77. The molecule has 6 heteroatoms. The molecule has 1 fully saturated rings. The largest absolute Gasteiger partial charge is 0.444 e. The molecule has 1 saturated heterocycles. The van der Waals surface area contributed by atoms with Crippen molar-refractivity contribution in [3.05, 3.63) is 18.0 Å². The molecule has 6 nitrogen and oxygen atoms in total. The third kappa shape index (κ3) is 3.72. The molecule has 0 atom stereocenters. The van der Waals surface area contributed by atoms with Crippen LogP contribution in [0.4, 0.5) is 4.79 Å². The quantitative estimate of drug-likeness (QED) is 0.907. The highest BCUT2D eigenvalue weighted by Gasteiger charge is 2.44. The molecule has 1 N–H and O–H groups in total. The van der Waals surface area contributed by atoms with Crippen LogP contribution < -0.4 is 0 Å². The summed E-state index contributed by atoms with van der Waals surface area (Å²) in [7, 11) is 1.87. The predicted molar refractivity (Wildman–Crippen MR) is 74.3 cm³/mol. The van der Waals surface area contributed by atoms with E-state index in [4.69, 9.17) is 4.74 Å². The van der Waals surface area contributed by atoms with Gasteiger partial charge < -0.3 is 14.7 Å². The molecule has 2 rings (SSSR count). The molecule has 1 aromatic heterocycles. The van der Waals surface area contributed by atoms with Crippen molar-refractivity contribution in [2.24, 2.45) is 7.05 Å². The minimum atomic E-state index is -0.799. The SMILES string of the molecule is Cn1cc(CCC2(O)CN(C(=O)OC(C)(C)C)C2)cn1. The fraction of sp³-hybridized carbons (Fsp3) is 0.714. The fourth-order valence-electron chi connectivity index (χ4n) is 2.26. The van der Waals surface area contributed by atoms with Gasteiger partial charge in [-0.15, -0.1) is 0 Å². The third-order valence-corrected chi connectivity index (χ3v) is 3.26. The van der Waals surface area contributed by atoms with Gasteiger partial charge in [0.2, 0.25) is 0 Å². The van der Waals surface area contributed by atoms with Crippen LogP contribution in [0.25, 0.3) is 0 Å². The lowest BCUT2D eigenvalue weighted by molar-refractivity contribution is -0.102. The number of aryl methyl sites for hydroxylation is 2. The number of hydrogen-bond acceptors (Lipinski definition) is 4. The number of rotatable bonds is 3. The Hall–Kier alpha value is -1.56. The molecule has 20 heavy (non-hydrogen) atoms. The molecule has 0 saturated carbocycles. The number of likely N-dealkylation sites (tertiary alicyclic amines) is 1. The van der Waals surface area contributed by atoms with E-state index < -0.39 is 11.2 Å². The van der Waals surface area contributed by atoms with Gasteiger partial charge in [0.05, 0.1) is 19.3 Å². The molecule has 1 aromatic rings. The first-order chi connectivity index (χ1) is 9.17. The van der Waals surface area contributed by atoms with E-state index in [1.807, 2.05) is 34.0 Å². The number of aliphatic hydroxyl groups is 1. The lowest BCUT2D eigenvalue weighted by atomic mass is 9.88. The van der Waals surface area contributed by atoms with Crippen LogP contribution in [0.3, 0.4) is 0 Å². The summed E-state index contributed by atoms with van der Waals surface area (Å²) in [6.45, 7) is 6.17. The van der Waals surface area contributed by atoms with Crippen molar-refractivity contribution in [1.29, 1.82) is 0 Å². The van der Waals surface area contributed by atoms with E-state index in [1.165, 1.54) is 4.90 Å². The summed E-state index contributed by atoms with van der Waals surface area (Å²) < 4.78 is 7.01. The second kappa shape index (κ2) is 5.09. The highest BCUT2D eigenvalue weighted by molar-refractivity contribution is 5.69. The van der Waals surface area contributed by atoms with Crippen LogP contribution in [-0.2, 0) is 18.2 Å². The maximum absolute atomic E-state index is 11.8. The number of hydrogen-bond donors (Lipinski definition) is 1. The summed E-state index contributed by atoms with van der Waals surface area (Å²) in [6.07, 6.45) is 4.76. The minimum Gasteiger partial charge on any atom is -0.444 e. The zero-order chi connectivity index (χ0) is 15.0. The molecular weight excluding hydrogens is 258 g/mol. The predicted octanol–water partition coefficient (Wildman–Crippen LogP) is 1.33. The molecule has 1 aliphatic rings. The number of β-amino-alcohol motifs (C(OH)–C–C–N with tert-alkyl or cyclic N) is 1. The van der Waals surface area contributed by atoms with E-state index in [1.54, 1.807) is 10.9 Å². The first-order valence-corrected chi connectivity index (χ1v) is 6.85. The number of ether oxygens (including phenoxy) is 1. The smallest absolute Gasteiger partial charge is 0.410 e. The van der Waals surface area contributed by atoms with Crippen LogP contribution in [0.5, 0.6) is 0 Å². The average molecular weight is 281 g/mol. The van der Waals surface area contributed by atoms with Crippen molar-refractivity contribution < 1.29 is 14.6 Å². The number of carbonyl (C=O) groups is 1. The third-order valence-electron chi connectivity index (χ3n) is 3.26. The maximum Gasteiger partial charge on any atom is 0.410 e. The first kappa shape index (κ1) is 14.8. The summed E-state index contributed by atoms with van der Waals surface area (Å²) in [6, 6.07) is 0. The van der Waals surface area contributed by atoms with E-state index in [0.717, 1.165) is 12.0 Å². The molecule has 1 aliphatic heterocycles. The van der Waals surface area contributed by atoms with Gasteiger partial charge in [0.15, 0.2) is 0 Å². The van der Waals surface area contributed by atoms with Crippen molar-refractivity contribution in [2.45, 2.75) is 44.8 Å². The monoisotopic (exact) mass is 281 g/mol. The van der Waals surface area contributed by atoms with Gasteiger partial charge in [-0.25, -0.2) is 4.79 Å². The van der Waals surface area contributed by atoms with Crippen molar-refractivity contribution in [3.8, 4) is 0 Å². The van der Waals surface area contributed by atoms with Gasteiger partial charge in [-0.2, -0.15) is 5.10 Å². The standard InChI is InChI=1S/C14H23N3O3/c1-13(2,3)20-12(18)17-9-14(19,10-17)6-5-11-7-15-16(4)8-11/h7-8,19H,5-6,9-10H2,1-4H3. The summed E-state index contributed by atoms with van der Waals surface area (Å²) in [5, 5.41) is 14.4. The average Bonchev–Trinajstić information content (AvgIpc) is 2.66. The molecule has 0 spiro atoms. The van der Waals surface area contributed by atoms with Crippen LogP contribution in [0.2, 0.25) is 0 Å². The summed E-state index contributed by atoms with van der Waals surface area (Å²) in [4.78, 5) is 13.3. The van der Waals surface area contributed by atoms with Crippen LogP contribution in [0.1, 0.15) is 32.8 Å². The molecule has 0 radical (unpaired) electrons. The lowest BCUT2D eigenvalue weighted by Crippen LogP contribution is -2.64. The van der Waals surface area contributed by atoms with Crippen molar-refractivity contribution in [2.75, 3.05) is 13.1 Å². The maximum atomic E-state index is 11.8. The zero-order valence-corrected chi connectivity index (χ0v) is 12.6. The van der Waals surface area contributed by atoms with E-state index in [2.05, 4.69) is 5.10 Å². The van der Waals surface area contributed by atoms with E-state index >= 15 is 0 Å². The number of amides is 1. The van der Waals surface area contributed by atoms with Gasteiger partial charge in [0.25, 0.3) is 0 Å². The van der Waals surface area contributed by atoms with Crippen LogP contribution in [-0.4, -0.2) is 50.2 Å². The van der Waals surface area contributed by atoms with Gasteiger partial charge >= 0.3 is 6.09 Å². The van der Waals surface area contributed by atoms with E-state index in [9.17, 15) is 9.90 Å². The molecule has 0 aliphatic carbocycles. The van der Waals surface area contributed by atoms with Gasteiger partial charge in [-0.3, -0.25) is 4.68 Å². The van der Waals surface area contributed by atoms with Gasteiger partial charge in [0.1, 0.15) is 11.2 Å². The normalized spacial score (nSPS) is 17.8. The molecule has 112 valence electrons. The zero-order valence-electron chi connectivity index (χ0n) is 12.6. The molecular formula is C14H23N3O3. The summed E-state index contributed by atoms with van der Waals surface area (Å²) >= 11 is 0. The van der Waals surface area contributed by atoms with Crippen LogP contribution in [0.15, 0.2) is 12.4 Å². The molecule has 0 aromatic carbocycles. The van der Waals surface area contributed by atoms with Crippen molar-refractivity contribution in [1.82, 2.24) is 14.7 Å². The first-order valence-electron chi connectivity index (χ1n) is 6.85. The van der Waals surface area contributed by atoms with Crippen molar-refractivity contribution in [3.63, 3.8) is 0 Å². The fourth-order valence-corrected chi connectivity index (χ4v) is 2.26. The molecule has 0 bridgehead atoms. The van der Waals surface area contributed by atoms with Crippen molar-refractivity contribution >= 4 is 6.09 Å². The Kier molecular flexibility index (Phi) is 3.77.